The van der Waals surface area contributed by atoms with Gasteiger partial charge in [-0.15, -0.1) is 10.2 Å². The molecule has 1 fully saturated rings. The van der Waals surface area contributed by atoms with Crippen molar-refractivity contribution in [3.8, 4) is 0 Å². The van der Waals surface area contributed by atoms with Crippen LogP contribution in [-0.2, 0) is 12.0 Å². The summed E-state index contributed by atoms with van der Waals surface area (Å²) >= 11 is 6.19. The van der Waals surface area contributed by atoms with Gasteiger partial charge >= 0.3 is 0 Å². The van der Waals surface area contributed by atoms with Crippen molar-refractivity contribution in [3.05, 3.63) is 11.1 Å². The Morgan fingerprint density at radius 3 is 2.33 bits per heavy atom. The lowest BCUT2D eigenvalue weighted by molar-refractivity contribution is 0.260. The molecule has 0 N–H and O–H groups in total. The van der Waals surface area contributed by atoms with E-state index in [9.17, 15) is 0 Å². The first-order chi connectivity index (χ1) is 8.38. The highest BCUT2D eigenvalue weighted by atomic mass is 35.5. The van der Waals surface area contributed by atoms with Gasteiger partial charge in [-0.25, -0.2) is 0 Å². The van der Waals surface area contributed by atoms with E-state index in [0.29, 0.717) is 5.28 Å². The van der Waals surface area contributed by atoms with Gasteiger partial charge in [0.25, 0.3) is 0 Å². The summed E-state index contributed by atoms with van der Waals surface area (Å²) in [6, 6.07) is 0. The smallest absolute Gasteiger partial charge is 0.225 e. The second kappa shape index (κ2) is 5.20. The van der Waals surface area contributed by atoms with Gasteiger partial charge < -0.3 is 4.57 Å². The molecule has 0 saturated heterocycles. The molecule has 0 amide bonds. The maximum absolute atomic E-state index is 6.19. The Kier molecular flexibility index (Phi) is 4.00. The highest BCUT2D eigenvalue weighted by Crippen LogP contribution is 2.31. The van der Waals surface area contributed by atoms with Crippen LogP contribution in [0.5, 0.6) is 0 Å². The van der Waals surface area contributed by atoms with Gasteiger partial charge in [0, 0.05) is 12.0 Å². The second-order valence-electron chi connectivity index (χ2n) is 6.78. The van der Waals surface area contributed by atoms with Gasteiger partial charge in [-0.1, -0.05) is 40.5 Å². The fraction of sp³-hybridized carbons (Fsp3) is 0.857. The molecule has 102 valence electrons. The summed E-state index contributed by atoms with van der Waals surface area (Å²) in [5.74, 6) is 2.63. The zero-order valence-electron chi connectivity index (χ0n) is 11.9. The lowest BCUT2D eigenvalue weighted by atomic mass is 9.83. The Morgan fingerprint density at radius 1 is 1.17 bits per heavy atom. The van der Waals surface area contributed by atoms with E-state index >= 15 is 0 Å². The van der Waals surface area contributed by atoms with Gasteiger partial charge in [-0.05, 0) is 36.3 Å². The number of hydrogen-bond donors (Lipinski definition) is 0. The third kappa shape index (κ3) is 3.05. The topological polar surface area (TPSA) is 30.7 Å². The maximum Gasteiger partial charge on any atom is 0.225 e. The third-order valence-electron chi connectivity index (χ3n) is 3.95. The molecule has 0 radical (unpaired) electrons. The Labute approximate surface area is 115 Å². The van der Waals surface area contributed by atoms with Crippen LogP contribution in [-0.4, -0.2) is 14.8 Å². The Bertz CT molecular complexity index is 398. The molecule has 0 unspecified atom stereocenters. The SMILES string of the molecule is CC1CCC(Cn2c(Cl)nnc2C(C)(C)C)CC1. The molecule has 0 atom stereocenters. The fourth-order valence-electron chi connectivity index (χ4n) is 2.77. The van der Waals surface area contributed by atoms with Crippen molar-refractivity contribution in [2.45, 2.75) is 65.3 Å². The molecule has 1 aromatic heterocycles. The van der Waals surface area contributed by atoms with Gasteiger partial charge in [0.05, 0.1) is 0 Å². The minimum absolute atomic E-state index is 0.00208. The molecule has 1 heterocycles. The summed E-state index contributed by atoms with van der Waals surface area (Å²) in [7, 11) is 0. The van der Waals surface area contributed by atoms with Gasteiger partial charge in [0.2, 0.25) is 5.28 Å². The monoisotopic (exact) mass is 269 g/mol. The summed E-state index contributed by atoms with van der Waals surface area (Å²) in [4.78, 5) is 0. The van der Waals surface area contributed by atoms with E-state index in [1.807, 2.05) is 0 Å². The van der Waals surface area contributed by atoms with Crippen molar-refractivity contribution in [3.63, 3.8) is 0 Å². The number of halogens is 1. The predicted molar refractivity (Wildman–Crippen MR) is 74.9 cm³/mol. The van der Waals surface area contributed by atoms with Crippen molar-refractivity contribution in [1.29, 1.82) is 0 Å². The average molecular weight is 270 g/mol. The molecule has 0 spiro atoms. The normalized spacial score (nSPS) is 25.4. The lowest BCUT2D eigenvalue weighted by Gasteiger charge is -2.28. The minimum Gasteiger partial charge on any atom is -0.301 e. The summed E-state index contributed by atoms with van der Waals surface area (Å²) in [6.45, 7) is 9.81. The molecular weight excluding hydrogens is 246 g/mol. The zero-order valence-corrected chi connectivity index (χ0v) is 12.7. The number of nitrogens with zero attached hydrogens (tertiary/aromatic N) is 3. The van der Waals surface area contributed by atoms with Gasteiger partial charge in [0.15, 0.2) is 0 Å². The first-order valence-electron chi connectivity index (χ1n) is 6.97. The molecule has 18 heavy (non-hydrogen) atoms. The van der Waals surface area contributed by atoms with Crippen LogP contribution < -0.4 is 0 Å². The van der Waals surface area contributed by atoms with Crippen LogP contribution in [0, 0.1) is 11.8 Å². The highest BCUT2D eigenvalue weighted by molar-refractivity contribution is 6.28. The molecular formula is C14H24ClN3. The van der Waals surface area contributed by atoms with Crippen LogP contribution in [0.1, 0.15) is 59.2 Å². The van der Waals surface area contributed by atoms with Crippen LogP contribution in [0.4, 0.5) is 0 Å². The molecule has 1 aromatic rings. The van der Waals surface area contributed by atoms with Crippen LogP contribution >= 0.6 is 11.6 Å². The lowest BCUT2D eigenvalue weighted by Crippen LogP contribution is -2.24. The Balaban J connectivity index is 2.11. The van der Waals surface area contributed by atoms with Gasteiger partial charge in [-0.3, -0.25) is 0 Å². The first kappa shape index (κ1) is 13.9. The van der Waals surface area contributed by atoms with E-state index in [4.69, 9.17) is 11.6 Å². The summed E-state index contributed by atoms with van der Waals surface area (Å²) in [5.41, 5.74) is 0.00208. The van der Waals surface area contributed by atoms with E-state index in [-0.39, 0.29) is 5.41 Å². The third-order valence-corrected chi connectivity index (χ3v) is 4.23. The Hall–Kier alpha value is -0.570. The summed E-state index contributed by atoms with van der Waals surface area (Å²) in [5, 5.41) is 8.83. The molecule has 1 aliphatic rings. The van der Waals surface area contributed by atoms with E-state index in [1.165, 1.54) is 25.7 Å². The molecule has 1 saturated carbocycles. The zero-order chi connectivity index (χ0) is 13.3. The molecule has 2 rings (SSSR count). The summed E-state index contributed by atoms with van der Waals surface area (Å²) < 4.78 is 2.11. The molecule has 0 aromatic carbocycles. The van der Waals surface area contributed by atoms with E-state index in [1.54, 1.807) is 0 Å². The van der Waals surface area contributed by atoms with E-state index in [0.717, 1.165) is 24.2 Å². The van der Waals surface area contributed by atoms with Crippen LogP contribution in [0.15, 0.2) is 0 Å². The van der Waals surface area contributed by atoms with Crippen molar-refractivity contribution in [2.75, 3.05) is 0 Å². The molecule has 0 bridgehead atoms. The standard InChI is InChI=1S/C14H24ClN3/c1-10-5-7-11(8-6-10)9-18-12(14(2,3)4)16-17-13(18)15/h10-11H,5-9H2,1-4H3. The summed E-state index contributed by atoms with van der Waals surface area (Å²) in [6.07, 6.45) is 5.29. The fourth-order valence-corrected chi connectivity index (χ4v) is 2.96. The molecule has 3 nitrogen and oxygen atoms in total. The minimum atomic E-state index is 0.00208. The number of hydrogen-bond acceptors (Lipinski definition) is 2. The average Bonchev–Trinajstić information content (AvgIpc) is 2.63. The predicted octanol–water partition coefficient (Wildman–Crippen LogP) is 4.06. The largest absolute Gasteiger partial charge is 0.301 e. The van der Waals surface area contributed by atoms with Gasteiger partial charge in [0.1, 0.15) is 5.82 Å². The molecule has 0 aliphatic heterocycles. The number of rotatable bonds is 2. The molecule has 4 heteroatoms. The number of aromatic nitrogens is 3. The molecule has 1 aliphatic carbocycles. The van der Waals surface area contributed by atoms with Crippen LogP contribution in [0.3, 0.4) is 0 Å². The highest BCUT2D eigenvalue weighted by Gasteiger charge is 2.26. The second-order valence-corrected chi connectivity index (χ2v) is 7.12. The van der Waals surface area contributed by atoms with Crippen molar-refractivity contribution < 1.29 is 0 Å². The van der Waals surface area contributed by atoms with Crippen molar-refractivity contribution in [2.24, 2.45) is 11.8 Å². The van der Waals surface area contributed by atoms with E-state index < -0.39 is 0 Å². The quantitative estimate of drug-likeness (QED) is 0.811. The van der Waals surface area contributed by atoms with Gasteiger partial charge in [-0.2, -0.15) is 0 Å². The van der Waals surface area contributed by atoms with Crippen molar-refractivity contribution >= 4 is 11.6 Å². The first-order valence-corrected chi connectivity index (χ1v) is 7.35. The maximum atomic E-state index is 6.19. The van der Waals surface area contributed by atoms with Crippen LogP contribution in [0.2, 0.25) is 5.28 Å². The van der Waals surface area contributed by atoms with Crippen molar-refractivity contribution in [1.82, 2.24) is 14.8 Å². The van der Waals surface area contributed by atoms with E-state index in [2.05, 4.69) is 42.5 Å². The van der Waals surface area contributed by atoms with Crippen LogP contribution in [0.25, 0.3) is 0 Å². The Morgan fingerprint density at radius 2 is 1.78 bits per heavy atom.